The second-order valence-corrected chi connectivity index (χ2v) is 3.27. The minimum atomic E-state index is -0.208. The standard InChI is InChI=1S/C13H14N2O/c1-4-5-12(14-3)15-13(16)11-8-6-10(2)7-9-11/h4-9H,1,3H2,2H3,(H,15,16)/b12-5+. The Bertz CT molecular complexity index is 430. The van der Waals surface area contributed by atoms with Crippen molar-refractivity contribution >= 4 is 12.6 Å². The van der Waals surface area contributed by atoms with Gasteiger partial charge in [0.05, 0.1) is 0 Å². The molecule has 0 saturated carbocycles. The Morgan fingerprint density at radius 1 is 1.38 bits per heavy atom. The van der Waals surface area contributed by atoms with Gasteiger partial charge in [0.25, 0.3) is 5.91 Å². The van der Waals surface area contributed by atoms with Gasteiger partial charge in [0.2, 0.25) is 0 Å². The Kier molecular flexibility index (Phi) is 4.21. The fraction of sp³-hybridized carbons (Fsp3) is 0.0769. The minimum absolute atomic E-state index is 0.208. The van der Waals surface area contributed by atoms with Crippen molar-refractivity contribution < 1.29 is 4.79 Å². The van der Waals surface area contributed by atoms with Gasteiger partial charge in [-0.15, -0.1) is 0 Å². The molecule has 0 aliphatic carbocycles. The van der Waals surface area contributed by atoms with Crippen molar-refractivity contribution in [3.63, 3.8) is 0 Å². The third-order valence-electron chi connectivity index (χ3n) is 2.00. The Hall–Kier alpha value is -2.16. The van der Waals surface area contributed by atoms with Gasteiger partial charge >= 0.3 is 0 Å². The lowest BCUT2D eigenvalue weighted by Crippen LogP contribution is -2.21. The highest BCUT2D eigenvalue weighted by atomic mass is 16.1. The Morgan fingerprint density at radius 2 is 2.00 bits per heavy atom. The molecule has 0 atom stereocenters. The highest BCUT2D eigenvalue weighted by molar-refractivity contribution is 5.95. The number of aryl methyl sites for hydroxylation is 1. The third kappa shape index (κ3) is 3.20. The van der Waals surface area contributed by atoms with Crippen LogP contribution >= 0.6 is 0 Å². The van der Waals surface area contributed by atoms with Crippen LogP contribution in [0.25, 0.3) is 0 Å². The first-order chi connectivity index (χ1) is 7.67. The van der Waals surface area contributed by atoms with Crippen molar-refractivity contribution in [1.82, 2.24) is 5.32 Å². The molecule has 0 aliphatic rings. The van der Waals surface area contributed by atoms with Crippen LogP contribution in [0.5, 0.6) is 0 Å². The summed E-state index contributed by atoms with van der Waals surface area (Å²) in [5, 5.41) is 2.63. The molecule has 1 rings (SSSR count). The number of nitrogens with zero attached hydrogens (tertiary/aromatic N) is 1. The van der Waals surface area contributed by atoms with E-state index in [-0.39, 0.29) is 5.91 Å². The molecule has 1 aromatic rings. The summed E-state index contributed by atoms with van der Waals surface area (Å²) in [6.45, 7) is 8.85. The van der Waals surface area contributed by atoms with E-state index in [1.165, 1.54) is 0 Å². The van der Waals surface area contributed by atoms with Crippen LogP contribution in [-0.2, 0) is 0 Å². The molecule has 16 heavy (non-hydrogen) atoms. The van der Waals surface area contributed by atoms with E-state index >= 15 is 0 Å². The number of aliphatic imine (C=N–C) groups is 1. The summed E-state index contributed by atoms with van der Waals surface area (Å²) in [4.78, 5) is 15.4. The summed E-state index contributed by atoms with van der Waals surface area (Å²) in [6, 6.07) is 7.29. The smallest absolute Gasteiger partial charge is 0.256 e. The van der Waals surface area contributed by atoms with E-state index in [4.69, 9.17) is 0 Å². The van der Waals surface area contributed by atoms with Gasteiger partial charge in [-0.05, 0) is 31.9 Å². The monoisotopic (exact) mass is 214 g/mol. The van der Waals surface area contributed by atoms with Crippen molar-refractivity contribution in [1.29, 1.82) is 0 Å². The van der Waals surface area contributed by atoms with Gasteiger partial charge < -0.3 is 5.32 Å². The van der Waals surface area contributed by atoms with Crippen molar-refractivity contribution in [2.75, 3.05) is 0 Å². The largest absolute Gasteiger partial charge is 0.307 e. The van der Waals surface area contributed by atoms with Crippen LogP contribution in [0.1, 0.15) is 15.9 Å². The molecule has 0 bridgehead atoms. The lowest BCUT2D eigenvalue weighted by atomic mass is 10.1. The quantitative estimate of drug-likeness (QED) is 0.607. The average Bonchev–Trinajstić information content (AvgIpc) is 2.29. The van der Waals surface area contributed by atoms with Crippen LogP contribution in [-0.4, -0.2) is 12.6 Å². The second kappa shape index (κ2) is 5.66. The molecule has 1 aromatic carbocycles. The molecule has 0 unspecified atom stereocenters. The zero-order valence-corrected chi connectivity index (χ0v) is 9.23. The fourth-order valence-corrected chi connectivity index (χ4v) is 1.14. The maximum atomic E-state index is 11.7. The Labute approximate surface area is 95.2 Å². The summed E-state index contributed by atoms with van der Waals surface area (Å²) in [7, 11) is 0. The summed E-state index contributed by atoms with van der Waals surface area (Å²) >= 11 is 0. The van der Waals surface area contributed by atoms with Crippen molar-refractivity contribution in [2.24, 2.45) is 4.99 Å². The van der Waals surface area contributed by atoms with E-state index in [0.717, 1.165) is 5.56 Å². The topological polar surface area (TPSA) is 41.5 Å². The van der Waals surface area contributed by atoms with Gasteiger partial charge in [-0.1, -0.05) is 30.4 Å². The molecule has 0 aromatic heterocycles. The van der Waals surface area contributed by atoms with Crippen LogP contribution in [0.15, 0.2) is 53.8 Å². The number of carbonyl (C=O) groups is 1. The van der Waals surface area contributed by atoms with E-state index < -0.39 is 0 Å². The molecule has 82 valence electrons. The number of amides is 1. The molecule has 0 fully saturated rings. The van der Waals surface area contributed by atoms with E-state index in [1.54, 1.807) is 24.3 Å². The Morgan fingerprint density at radius 3 is 2.50 bits per heavy atom. The molecule has 3 nitrogen and oxygen atoms in total. The molecule has 1 N–H and O–H groups in total. The van der Waals surface area contributed by atoms with E-state index in [1.807, 2.05) is 19.1 Å². The summed E-state index contributed by atoms with van der Waals surface area (Å²) in [5.41, 5.74) is 1.70. The molecule has 0 radical (unpaired) electrons. The summed E-state index contributed by atoms with van der Waals surface area (Å²) in [6.07, 6.45) is 3.12. The van der Waals surface area contributed by atoms with Gasteiger partial charge in [-0.2, -0.15) is 0 Å². The highest BCUT2D eigenvalue weighted by Crippen LogP contribution is 2.04. The first-order valence-electron chi connectivity index (χ1n) is 4.85. The van der Waals surface area contributed by atoms with Gasteiger partial charge in [0.15, 0.2) is 0 Å². The lowest BCUT2D eigenvalue weighted by Gasteiger charge is -2.04. The molecule has 3 heteroatoms. The molecular weight excluding hydrogens is 200 g/mol. The molecule has 0 spiro atoms. The Balaban J connectivity index is 2.79. The number of benzene rings is 1. The normalized spacial score (nSPS) is 10.7. The number of rotatable bonds is 4. The molecule has 1 amide bonds. The first-order valence-corrected chi connectivity index (χ1v) is 4.85. The zero-order chi connectivity index (χ0) is 12.0. The van der Waals surface area contributed by atoms with E-state index in [0.29, 0.717) is 11.4 Å². The minimum Gasteiger partial charge on any atom is -0.307 e. The number of carbonyl (C=O) groups excluding carboxylic acids is 1. The molecule has 0 aliphatic heterocycles. The second-order valence-electron chi connectivity index (χ2n) is 3.27. The van der Waals surface area contributed by atoms with E-state index in [2.05, 4.69) is 23.6 Å². The van der Waals surface area contributed by atoms with Gasteiger partial charge in [0.1, 0.15) is 5.82 Å². The molecular formula is C13H14N2O. The van der Waals surface area contributed by atoms with Crippen LogP contribution in [0, 0.1) is 6.92 Å². The number of hydrogen-bond acceptors (Lipinski definition) is 2. The van der Waals surface area contributed by atoms with Crippen molar-refractivity contribution in [3.8, 4) is 0 Å². The maximum Gasteiger partial charge on any atom is 0.256 e. The summed E-state index contributed by atoms with van der Waals surface area (Å²) < 4.78 is 0. The van der Waals surface area contributed by atoms with Crippen LogP contribution in [0.2, 0.25) is 0 Å². The number of nitrogens with one attached hydrogen (secondary N) is 1. The van der Waals surface area contributed by atoms with Crippen molar-refractivity contribution in [2.45, 2.75) is 6.92 Å². The predicted molar refractivity (Wildman–Crippen MR) is 66.5 cm³/mol. The highest BCUT2D eigenvalue weighted by Gasteiger charge is 2.05. The average molecular weight is 214 g/mol. The third-order valence-corrected chi connectivity index (χ3v) is 2.00. The van der Waals surface area contributed by atoms with E-state index in [9.17, 15) is 4.79 Å². The zero-order valence-electron chi connectivity index (χ0n) is 9.23. The fourth-order valence-electron chi connectivity index (χ4n) is 1.14. The molecule has 0 heterocycles. The maximum absolute atomic E-state index is 11.7. The lowest BCUT2D eigenvalue weighted by molar-refractivity contribution is 0.0965. The SMILES string of the molecule is C=C/C=C(\N=C)NC(=O)c1ccc(C)cc1. The van der Waals surface area contributed by atoms with Crippen LogP contribution in [0.3, 0.4) is 0 Å². The van der Waals surface area contributed by atoms with Gasteiger partial charge in [-0.3, -0.25) is 4.79 Å². The molecule has 0 saturated heterocycles. The first kappa shape index (κ1) is 11.9. The van der Waals surface area contributed by atoms with Gasteiger partial charge in [-0.25, -0.2) is 4.99 Å². The van der Waals surface area contributed by atoms with Crippen molar-refractivity contribution in [3.05, 3.63) is 59.9 Å². The van der Waals surface area contributed by atoms with Gasteiger partial charge in [0, 0.05) is 5.56 Å². The summed E-state index contributed by atoms with van der Waals surface area (Å²) in [5.74, 6) is 0.182. The number of hydrogen-bond donors (Lipinski definition) is 1. The number of allylic oxidation sites excluding steroid dienone is 2. The predicted octanol–water partition coefficient (Wildman–Crippen LogP) is 2.45. The van der Waals surface area contributed by atoms with Crippen LogP contribution < -0.4 is 5.32 Å². The van der Waals surface area contributed by atoms with Crippen LogP contribution in [0.4, 0.5) is 0 Å².